The average molecular weight is 248 g/mol. The van der Waals surface area contributed by atoms with Gasteiger partial charge in [-0.25, -0.2) is 8.42 Å². The Morgan fingerprint density at radius 3 is 2.75 bits per heavy atom. The van der Waals surface area contributed by atoms with Crippen molar-refractivity contribution in [3.63, 3.8) is 0 Å². The molecule has 0 spiro atoms. The van der Waals surface area contributed by atoms with Gasteiger partial charge in [-0.05, 0) is 13.5 Å². The molecule has 1 fully saturated rings. The van der Waals surface area contributed by atoms with Gasteiger partial charge in [-0.15, -0.1) is 0 Å². The predicted octanol–water partition coefficient (Wildman–Crippen LogP) is -0.368. The summed E-state index contributed by atoms with van der Waals surface area (Å²) in [5.74, 6) is 0.243. The summed E-state index contributed by atoms with van der Waals surface area (Å²) in [6, 6.07) is -0.187. The third kappa shape index (κ3) is 3.75. The second-order valence-electron chi connectivity index (χ2n) is 4.15. The van der Waals surface area contributed by atoms with E-state index in [0.29, 0.717) is 19.5 Å². The van der Waals surface area contributed by atoms with Gasteiger partial charge in [0.15, 0.2) is 9.84 Å². The summed E-state index contributed by atoms with van der Waals surface area (Å²) in [6.07, 6.45) is 0.443. The molecule has 0 radical (unpaired) electrons. The number of hydrogen-bond donors (Lipinski definition) is 1. The minimum atomic E-state index is -2.93. The van der Waals surface area contributed by atoms with Gasteiger partial charge in [-0.3, -0.25) is 4.79 Å². The van der Waals surface area contributed by atoms with Crippen LogP contribution in [0.2, 0.25) is 0 Å². The smallest absolute Gasteiger partial charge is 0.224 e. The van der Waals surface area contributed by atoms with E-state index in [1.54, 1.807) is 11.8 Å². The molecule has 1 aliphatic heterocycles. The summed E-state index contributed by atoms with van der Waals surface area (Å²) in [7, 11) is -2.93. The van der Waals surface area contributed by atoms with Gasteiger partial charge in [0.2, 0.25) is 5.91 Å². The number of rotatable bonds is 4. The molecule has 94 valence electrons. The van der Waals surface area contributed by atoms with Crippen LogP contribution in [0.4, 0.5) is 0 Å². The summed E-state index contributed by atoms with van der Waals surface area (Å²) in [4.78, 5) is 13.5. The second-order valence-corrected chi connectivity index (χ2v) is 6.38. The highest BCUT2D eigenvalue weighted by molar-refractivity contribution is 7.91. The Kier molecular flexibility index (Phi) is 4.73. The summed E-state index contributed by atoms with van der Waals surface area (Å²) in [5, 5.41) is 3.08. The molecule has 0 aromatic carbocycles. The Balaban J connectivity index is 2.46. The van der Waals surface area contributed by atoms with E-state index in [2.05, 4.69) is 5.32 Å². The monoisotopic (exact) mass is 248 g/mol. The fraction of sp³-hybridized carbons (Fsp3) is 0.900. The van der Waals surface area contributed by atoms with Crippen molar-refractivity contribution in [3.05, 3.63) is 0 Å². The average Bonchev–Trinajstić information content (AvgIpc) is 2.16. The molecule has 0 aromatic rings. The molecule has 1 heterocycles. The van der Waals surface area contributed by atoms with Crippen molar-refractivity contribution in [2.24, 2.45) is 0 Å². The van der Waals surface area contributed by atoms with Crippen LogP contribution in [0.25, 0.3) is 0 Å². The maximum Gasteiger partial charge on any atom is 0.224 e. The molecule has 5 nitrogen and oxygen atoms in total. The van der Waals surface area contributed by atoms with Crippen molar-refractivity contribution in [3.8, 4) is 0 Å². The zero-order chi connectivity index (χ0) is 12.2. The van der Waals surface area contributed by atoms with Gasteiger partial charge in [0.25, 0.3) is 0 Å². The van der Waals surface area contributed by atoms with Gasteiger partial charge >= 0.3 is 0 Å². The maximum absolute atomic E-state index is 11.8. The van der Waals surface area contributed by atoms with Crippen LogP contribution in [0.1, 0.15) is 20.3 Å². The minimum absolute atomic E-state index is 0.0448. The molecule has 1 unspecified atom stereocenters. The maximum atomic E-state index is 11.8. The van der Waals surface area contributed by atoms with Crippen molar-refractivity contribution in [1.82, 2.24) is 10.2 Å². The summed E-state index contributed by atoms with van der Waals surface area (Å²) in [6.45, 7) is 5.62. The van der Waals surface area contributed by atoms with Crippen LogP contribution in [0.5, 0.6) is 0 Å². The fourth-order valence-corrected chi connectivity index (χ4v) is 3.44. The number of carbonyl (C=O) groups is 1. The molecule has 16 heavy (non-hydrogen) atoms. The van der Waals surface area contributed by atoms with Crippen molar-refractivity contribution in [1.29, 1.82) is 0 Å². The highest BCUT2D eigenvalue weighted by Crippen LogP contribution is 2.12. The molecule has 0 aliphatic carbocycles. The number of hydrogen-bond acceptors (Lipinski definition) is 4. The van der Waals surface area contributed by atoms with Crippen molar-refractivity contribution in [2.45, 2.75) is 26.3 Å². The third-order valence-corrected chi connectivity index (χ3v) is 4.55. The van der Waals surface area contributed by atoms with E-state index in [-0.39, 0.29) is 23.5 Å². The van der Waals surface area contributed by atoms with Crippen molar-refractivity contribution in [2.75, 3.05) is 31.1 Å². The topological polar surface area (TPSA) is 66.5 Å². The van der Waals surface area contributed by atoms with E-state index in [4.69, 9.17) is 0 Å². The van der Waals surface area contributed by atoms with Gasteiger partial charge < -0.3 is 10.2 Å². The van der Waals surface area contributed by atoms with E-state index >= 15 is 0 Å². The Bertz CT molecular complexity index is 340. The van der Waals surface area contributed by atoms with Crippen molar-refractivity contribution >= 4 is 15.7 Å². The molecule has 1 N–H and O–H groups in total. The van der Waals surface area contributed by atoms with Gasteiger partial charge in [-0.2, -0.15) is 0 Å². The largest absolute Gasteiger partial charge is 0.338 e. The Labute approximate surface area is 97.1 Å². The molecule has 6 heteroatoms. The molecular weight excluding hydrogens is 228 g/mol. The number of amides is 1. The molecule has 0 saturated carbocycles. The first kappa shape index (κ1) is 13.4. The van der Waals surface area contributed by atoms with Gasteiger partial charge in [0.05, 0.1) is 11.5 Å². The third-order valence-electron chi connectivity index (χ3n) is 2.76. The molecule has 1 aliphatic rings. The SMILES string of the molecule is CCNCCC(=O)N1CCS(=O)(=O)CC1C. The lowest BCUT2D eigenvalue weighted by Gasteiger charge is -2.33. The first-order valence-electron chi connectivity index (χ1n) is 5.67. The molecule has 1 saturated heterocycles. The lowest BCUT2D eigenvalue weighted by Crippen LogP contribution is -2.50. The lowest BCUT2D eigenvalue weighted by molar-refractivity contribution is -0.132. The highest BCUT2D eigenvalue weighted by Gasteiger charge is 2.30. The summed E-state index contributed by atoms with van der Waals surface area (Å²) >= 11 is 0. The van der Waals surface area contributed by atoms with Crippen LogP contribution in [0.3, 0.4) is 0 Å². The van der Waals surface area contributed by atoms with E-state index in [1.165, 1.54) is 0 Å². The Morgan fingerprint density at radius 2 is 2.19 bits per heavy atom. The van der Waals surface area contributed by atoms with E-state index < -0.39 is 9.84 Å². The van der Waals surface area contributed by atoms with Crippen LogP contribution in [0, 0.1) is 0 Å². The van der Waals surface area contributed by atoms with Crippen LogP contribution in [-0.4, -0.2) is 56.4 Å². The van der Waals surface area contributed by atoms with Gasteiger partial charge in [0, 0.05) is 25.6 Å². The Hall–Kier alpha value is -0.620. The van der Waals surface area contributed by atoms with E-state index in [0.717, 1.165) is 6.54 Å². The number of sulfone groups is 1. The highest BCUT2D eigenvalue weighted by atomic mass is 32.2. The molecule has 0 bridgehead atoms. The number of carbonyl (C=O) groups excluding carboxylic acids is 1. The quantitative estimate of drug-likeness (QED) is 0.690. The minimum Gasteiger partial charge on any atom is -0.338 e. The van der Waals surface area contributed by atoms with E-state index in [1.807, 2.05) is 6.92 Å². The van der Waals surface area contributed by atoms with Crippen molar-refractivity contribution < 1.29 is 13.2 Å². The zero-order valence-corrected chi connectivity index (χ0v) is 10.7. The summed E-state index contributed by atoms with van der Waals surface area (Å²) < 4.78 is 22.7. The summed E-state index contributed by atoms with van der Waals surface area (Å²) in [5.41, 5.74) is 0. The number of nitrogens with zero attached hydrogens (tertiary/aromatic N) is 1. The fourth-order valence-electron chi connectivity index (χ4n) is 1.88. The van der Waals surface area contributed by atoms with Gasteiger partial charge in [0.1, 0.15) is 0 Å². The molecule has 0 aromatic heterocycles. The standard InChI is InChI=1S/C10H20N2O3S/c1-3-11-5-4-10(13)12-6-7-16(14,15)8-9(12)2/h9,11H,3-8H2,1-2H3. The van der Waals surface area contributed by atoms with Crippen LogP contribution in [0.15, 0.2) is 0 Å². The first-order valence-corrected chi connectivity index (χ1v) is 7.49. The van der Waals surface area contributed by atoms with Crippen LogP contribution >= 0.6 is 0 Å². The molecule has 1 rings (SSSR count). The predicted molar refractivity (Wildman–Crippen MR) is 63.0 cm³/mol. The molecular formula is C10H20N2O3S. The molecule has 1 atom stereocenters. The second kappa shape index (κ2) is 5.63. The number of nitrogens with one attached hydrogen (secondary N) is 1. The van der Waals surface area contributed by atoms with E-state index in [9.17, 15) is 13.2 Å². The Morgan fingerprint density at radius 1 is 1.50 bits per heavy atom. The van der Waals surface area contributed by atoms with Crippen LogP contribution < -0.4 is 5.32 Å². The normalized spacial score (nSPS) is 24.4. The van der Waals surface area contributed by atoms with Crippen LogP contribution in [-0.2, 0) is 14.6 Å². The zero-order valence-electron chi connectivity index (χ0n) is 9.90. The van der Waals surface area contributed by atoms with Gasteiger partial charge in [-0.1, -0.05) is 6.92 Å². The lowest BCUT2D eigenvalue weighted by atomic mass is 10.2. The first-order chi connectivity index (χ1) is 7.46. The molecule has 1 amide bonds.